The highest BCUT2D eigenvalue weighted by molar-refractivity contribution is 5.93. The van der Waals surface area contributed by atoms with Crippen molar-refractivity contribution in [1.82, 2.24) is 0 Å². The molecule has 6 N–H and O–H groups in total. The SMILES string of the molecule is CCCc1ccc(N=C(N)N=C(N)N)cc1. The summed E-state index contributed by atoms with van der Waals surface area (Å²) in [7, 11) is 0. The quantitative estimate of drug-likeness (QED) is 0.518. The summed E-state index contributed by atoms with van der Waals surface area (Å²) < 4.78 is 0. The van der Waals surface area contributed by atoms with Crippen LogP contribution in [0.1, 0.15) is 18.9 Å². The van der Waals surface area contributed by atoms with E-state index in [9.17, 15) is 0 Å². The number of nitrogens with two attached hydrogens (primary N) is 3. The first-order valence-electron chi connectivity index (χ1n) is 5.14. The monoisotopic (exact) mass is 219 g/mol. The molecule has 0 aliphatic rings. The number of rotatable bonds is 3. The van der Waals surface area contributed by atoms with Crippen molar-refractivity contribution < 1.29 is 0 Å². The molecule has 0 bridgehead atoms. The second-order valence-electron chi connectivity index (χ2n) is 3.42. The van der Waals surface area contributed by atoms with Crippen LogP contribution in [0.25, 0.3) is 0 Å². The predicted octanol–water partition coefficient (Wildman–Crippen LogP) is 0.859. The van der Waals surface area contributed by atoms with E-state index in [0.717, 1.165) is 18.5 Å². The normalized spacial score (nSPS) is 11.2. The van der Waals surface area contributed by atoms with E-state index in [4.69, 9.17) is 17.2 Å². The Kier molecular flexibility index (Phi) is 4.32. The molecular formula is C11H17N5. The maximum absolute atomic E-state index is 5.51. The van der Waals surface area contributed by atoms with E-state index >= 15 is 0 Å². The van der Waals surface area contributed by atoms with Gasteiger partial charge in [0.2, 0.25) is 5.96 Å². The smallest absolute Gasteiger partial charge is 0.223 e. The first kappa shape index (κ1) is 12.0. The molecule has 0 aliphatic carbocycles. The zero-order chi connectivity index (χ0) is 12.0. The van der Waals surface area contributed by atoms with Gasteiger partial charge >= 0.3 is 0 Å². The summed E-state index contributed by atoms with van der Waals surface area (Å²) in [6, 6.07) is 7.82. The average molecular weight is 219 g/mol. The van der Waals surface area contributed by atoms with Gasteiger partial charge in [0.1, 0.15) is 0 Å². The third kappa shape index (κ3) is 4.00. The molecule has 1 aromatic rings. The maximum Gasteiger partial charge on any atom is 0.223 e. The third-order valence-electron chi connectivity index (χ3n) is 1.96. The average Bonchev–Trinajstić information content (AvgIpc) is 2.20. The predicted molar refractivity (Wildman–Crippen MR) is 67.5 cm³/mol. The molecule has 86 valence electrons. The molecule has 0 heterocycles. The van der Waals surface area contributed by atoms with Gasteiger partial charge in [0.15, 0.2) is 5.96 Å². The summed E-state index contributed by atoms with van der Waals surface area (Å²) in [4.78, 5) is 7.68. The number of aryl methyl sites for hydroxylation is 1. The Morgan fingerprint density at radius 3 is 2.25 bits per heavy atom. The van der Waals surface area contributed by atoms with Crippen LogP contribution in [0, 0.1) is 0 Å². The van der Waals surface area contributed by atoms with Crippen molar-refractivity contribution in [3.8, 4) is 0 Å². The van der Waals surface area contributed by atoms with Crippen LogP contribution in [-0.4, -0.2) is 11.9 Å². The van der Waals surface area contributed by atoms with Gasteiger partial charge in [-0.1, -0.05) is 25.5 Å². The van der Waals surface area contributed by atoms with Gasteiger partial charge in [0, 0.05) is 0 Å². The molecule has 0 atom stereocenters. The van der Waals surface area contributed by atoms with E-state index in [2.05, 4.69) is 16.9 Å². The lowest BCUT2D eigenvalue weighted by Crippen LogP contribution is -2.26. The number of nitrogens with zero attached hydrogens (tertiary/aromatic N) is 2. The van der Waals surface area contributed by atoms with Crippen molar-refractivity contribution >= 4 is 17.6 Å². The summed E-state index contributed by atoms with van der Waals surface area (Å²) in [6.45, 7) is 2.14. The lowest BCUT2D eigenvalue weighted by Gasteiger charge is -1.99. The zero-order valence-electron chi connectivity index (χ0n) is 9.35. The highest BCUT2D eigenvalue weighted by atomic mass is 15.1. The summed E-state index contributed by atoms with van der Waals surface area (Å²) >= 11 is 0. The van der Waals surface area contributed by atoms with Crippen LogP contribution in [0.15, 0.2) is 34.3 Å². The summed E-state index contributed by atoms with van der Waals surface area (Å²) in [5, 5.41) is 0. The Morgan fingerprint density at radius 1 is 1.12 bits per heavy atom. The molecule has 1 aromatic carbocycles. The molecule has 0 radical (unpaired) electrons. The van der Waals surface area contributed by atoms with Gasteiger partial charge in [-0.05, 0) is 24.1 Å². The van der Waals surface area contributed by atoms with Gasteiger partial charge in [-0.3, -0.25) is 0 Å². The van der Waals surface area contributed by atoms with Crippen LogP contribution < -0.4 is 17.2 Å². The van der Waals surface area contributed by atoms with Crippen molar-refractivity contribution in [2.75, 3.05) is 0 Å². The number of aliphatic imine (C=N–C) groups is 2. The van der Waals surface area contributed by atoms with E-state index < -0.39 is 0 Å². The summed E-state index contributed by atoms with van der Waals surface area (Å²) in [5.74, 6) is -0.0351. The molecule has 0 aromatic heterocycles. The number of hydrogen-bond acceptors (Lipinski definition) is 1. The van der Waals surface area contributed by atoms with Crippen molar-refractivity contribution in [3.05, 3.63) is 29.8 Å². The van der Waals surface area contributed by atoms with E-state index in [-0.39, 0.29) is 11.9 Å². The van der Waals surface area contributed by atoms with Gasteiger partial charge in [-0.25, -0.2) is 4.99 Å². The molecule has 16 heavy (non-hydrogen) atoms. The van der Waals surface area contributed by atoms with Crippen molar-refractivity contribution in [2.45, 2.75) is 19.8 Å². The Hall–Kier alpha value is -2.04. The van der Waals surface area contributed by atoms with Crippen LogP contribution in [-0.2, 0) is 6.42 Å². The van der Waals surface area contributed by atoms with E-state index in [1.54, 1.807) is 0 Å². The molecule has 0 saturated carbocycles. The number of hydrogen-bond donors (Lipinski definition) is 3. The van der Waals surface area contributed by atoms with Gasteiger partial charge in [0.25, 0.3) is 0 Å². The molecular weight excluding hydrogens is 202 g/mol. The lowest BCUT2D eigenvalue weighted by atomic mass is 10.1. The highest BCUT2D eigenvalue weighted by Crippen LogP contribution is 2.13. The third-order valence-corrected chi connectivity index (χ3v) is 1.96. The van der Waals surface area contributed by atoms with E-state index in [0.29, 0.717) is 0 Å². The second kappa shape index (κ2) is 5.75. The molecule has 0 fully saturated rings. The van der Waals surface area contributed by atoms with Crippen molar-refractivity contribution in [1.29, 1.82) is 0 Å². The molecule has 0 saturated heterocycles. The van der Waals surface area contributed by atoms with E-state index in [1.807, 2.05) is 24.3 Å². The Bertz CT molecular complexity index is 387. The molecule has 5 nitrogen and oxygen atoms in total. The molecule has 5 heteroatoms. The first-order valence-corrected chi connectivity index (χ1v) is 5.14. The number of guanidine groups is 2. The second-order valence-corrected chi connectivity index (χ2v) is 3.42. The topological polar surface area (TPSA) is 103 Å². The van der Waals surface area contributed by atoms with Gasteiger partial charge < -0.3 is 17.2 Å². The molecule has 0 aliphatic heterocycles. The van der Waals surface area contributed by atoms with Crippen molar-refractivity contribution in [3.63, 3.8) is 0 Å². The van der Waals surface area contributed by atoms with Crippen LogP contribution in [0.4, 0.5) is 5.69 Å². The van der Waals surface area contributed by atoms with Crippen LogP contribution in [0.5, 0.6) is 0 Å². The molecule has 1 rings (SSSR count). The highest BCUT2D eigenvalue weighted by Gasteiger charge is 1.94. The van der Waals surface area contributed by atoms with Crippen LogP contribution in [0.3, 0.4) is 0 Å². The first-order chi connectivity index (χ1) is 7.61. The largest absolute Gasteiger partial charge is 0.370 e. The van der Waals surface area contributed by atoms with Gasteiger partial charge in [-0.15, -0.1) is 0 Å². The minimum absolute atomic E-state index is 0.0586. The van der Waals surface area contributed by atoms with Crippen LogP contribution >= 0.6 is 0 Å². The Balaban J connectivity index is 2.78. The Morgan fingerprint density at radius 2 is 1.75 bits per heavy atom. The standard InChI is InChI=1S/C11H17N5/c1-2-3-8-4-6-9(7-5-8)15-11(14)16-10(12)13/h4-7H,2-3H2,1H3,(H6,12,13,14,15,16). The minimum atomic E-state index is -0.0937. The van der Waals surface area contributed by atoms with Crippen LogP contribution in [0.2, 0.25) is 0 Å². The molecule has 0 amide bonds. The number of benzene rings is 1. The maximum atomic E-state index is 5.51. The zero-order valence-corrected chi connectivity index (χ0v) is 9.35. The fourth-order valence-electron chi connectivity index (χ4n) is 1.32. The summed E-state index contributed by atoms with van der Waals surface area (Å²) in [5.41, 5.74) is 17.9. The fraction of sp³-hybridized carbons (Fsp3) is 0.273. The molecule has 0 spiro atoms. The van der Waals surface area contributed by atoms with Crippen molar-refractivity contribution in [2.24, 2.45) is 27.2 Å². The van der Waals surface area contributed by atoms with Gasteiger partial charge in [-0.2, -0.15) is 4.99 Å². The minimum Gasteiger partial charge on any atom is -0.370 e. The Labute approximate surface area is 95.1 Å². The van der Waals surface area contributed by atoms with E-state index in [1.165, 1.54) is 5.56 Å². The van der Waals surface area contributed by atoms with Gasteiger partial charge in [0.05, 0.1) is 5.69 Å². The lowest BCUT2D eigenvalue weighted by molar-refractivity contribution is 0.922. The molecule has 0 unspecified atom stereocenters. The summed E-state index contributed by atoms with van der Waals surface area (Å²) in [6.07, 6.45) is 2.19. The fourth-order valence-corrected chi connectivity index (χ4v) is 1.32.